The van der Waals surface area contributed by atoms with E-state index in [1.807, 2.05) is 13.0 Å². The van der Waals surface area contributed by atoms with Gasteiger partial charge >= 0.3 is 0 Å². The van der Waals surface area contributed by atoms with Crippen LogP contribution in [0.15, 0.2) is 69.9 Å². The smallest absolute Gasteiger partial charge is 0.262 e. The summed E-state index contributed by atoms with van der Waals surface area (Å²) in [5.41, 5.74) is 2.03. The molecule has 3 aromatic carbocycles. The highest BCUT2D eigenvalue weighted by Gasteiger charge is 2.20. The van der Waals surface area contributed by atoms with Gasteiger partial charge in [-0.1, -0.05) is 6.07 Å². The molecule has 1 heterocycles. The third-order valence-corrected chi connectivity index (χ3v) is 5.39. The second kappa shape index (κ2) is 10.2. The van der Waals surface area contributed by atoms with Crippen molar-refractivity contribution in [2.24, 2.45) is 0 Å². The summed E-state index contributed by atoms with van der Waals surface area (Å²) in [5, 5.41) is 3.09. The van der Waals surface area contributed by atoms with Crippen molar-refractivity contribution >= 4 is 22.6 Å². The van der Waals surface area contributed by atoms with Gasteiger partial charge in [-0.05, 0) is 61.0 Å². The van der Waals surface area contributed by atoms with Crippen LogP contribution in [-0.2, 0) is 4.79 Å². The molecule has 35 heavy (non-hydrogen) atoms. The number of carbonyl (C=O) groups excluding carboxylic acids is 1. The van der Waals surface area contributed by atoms with Crippen LogP contribution in [0.5, 0.6) is 23.0 Å². The van der Waals surface area contributed by atoms with Crippen LogP contribution in [0.3, 0.4) is 0 Å². The maximum Gasteiger partial charge on any atom is 0.262 e. The highest BCUT2D eigenvalue weighted by Crippen LogP contribution is 2.33. The Kier molecular flexibility index (Phi) is 6.91. The van der Waals surface area contributed by atoms with E-state index in [-0.39, 0.29) is 16.9 Å². The topological polar surface area (TPSA) is 96.2 Å². The van der Waals surface area contributed by atoms with E-state index in [2.05, 4.69) is 5.32 Å². The lowest BCUT2D eigenvalue weighted by Crippen LogP contribution is -2.23. The Morgan fingerprint density at radius 1 is 0.886 bits per heavy atom. The molecule has 4 aromatic rings. The monoisotopic (exact) mass is 475 g/mol. The fourth-order valence-corrected chi connectivity index (χ4v) is 3.58. The molecular weight excluding hydrogens is 450 g/mol. The first kappa shape index (κ1) is 23.7. The maximum atomic E-state index is 13.3. The Morgan fingerprint density at radius 2 is 1.60 bits per heavy atom. The molecule has 180 valence electrons. The van der Waals surface area contributed by atoms with E-state index in [4.69, 9.17) is 23.4 Å². The number of anilines is 1. The highest BCUT2D eigenvalue weighted by atomic mass is 16.5. The number of rotatable bonds is 8. The van der Waals surface area contributed by atoms with Crippen molar-refractivity contribution in [1.29, 1.82) is 0 Å². The molecule has 0 aliphatic carbocycles. The van der Waals surface area contributed by atoms with Gasteiger partial charge in [0.2, 0.25) is 11.2 Å². The Hall–Kier alpha value is -4.46. The van der Waals surface area contributed by atoms with E-state index in [9.17, 15) is 9.59 Å². The van der Waals surface area contributed by atoms with E-state index >= 15 is 0 Å². The molecule has 8 heteroatoms. The second-order valence-corrected chi connectivity index (χ2v) is 7.72. The zero-order chi connectivity index (χ0) is 24.9. The minimum Gasteiger partial charge on any atom is -0.497 e. The number of aryl methyl sites for hydroxylation is 1. The number of benzene rings is 3. The van der Waals surface area contributed by atoms with Gasteiger partial charge in [-0.3, -0.25) is 9.59 Å². The Morgan fingerprint density at radius 3 is 2.29 bits per heavy atom. The van der Waals surface area contributed by atoms with E-state index < -0.39 is 12.5 Å². The second-order valence-electron chi connectivity index (χ2n) is 7.72. The van der Waals surface area contributed by atoms with E-state index in [1.54, 1.807) is 61.7 Å². The first-order chi connectivity index (χ1) is 16.9. The number of amides is 1. The molecular formula is C27H25NO7. The van der Waals surface area contributed by atoms with Crippen LogP contribution >= 0.6 is 0 Å². The molecule has 0 radical (unpaired) electrons. The zero-order valence-corrected chi connectivity index (χ0v) is 19.8. The van der Waals surface area contributed by atoms with Crippen molar-refractivity contribution in [3.8, 4) is 34.3 Å². The number of nitrogens with one attached hydrogen (secondary N) is 1. The van der Waals surface area contributed by atoms with Crippen LogP contribution in [-0.4, -0.2) is 33.8 Å². The van der Waals surface area contributed by atoms with Gasteiger partial charge in [0.1, 0.15) is 22.8 Å². The number of hydrogen-bond acceptors (Lipinski definition) is 7. The molecule has 0 saturated carbocycles. The summed E-state index contributed by atoms with van der Waals surface area (Å²) in [5.74, 6) is 1.34. The normalized spacial score (nSPS) is 10.6. The quantitative estimate of drug-likeness (QED) is 0.391. The number of methoxy groups -OCH3 is 3. The van der Waals surface area contributed by atoms with E-state index in [0.717, 1.165) is 5.56 Å². The van der Waals surface area contributed by atoms with E-state index in [0.29, 0.717) is 39.5 Å². The summed E-state index contributed by atoms with van der Waals surface area (Å²) < 4.78 is 27.6. The minimum absolute atomic E-state index is 0.0562. The van der Waals surface area contributed by atoms with Crippen LogP contribution in [0.2, 0.25) is 0 Å². The first-order valence-electron chi connectivity index (χ1n) is 10.8. The minimum atomic E-state index is -0.486. The SMILES string of the molecule is COc1ccc(-c2oc3cc(C)ccc3c(=O)c2OCC(=O)Nc2cc(OC)ccc2OC)cc1. The van der Waals surface area contributed by atoms with Gasteiger partial charge in [0.25, 0.3) is 5.91 Å². The van der Waals surface area contributed by atoms with Gasteiger partial charge < -0.3 is 28.7 Å². The molecule has 0 unspecified atom stereocenters. The molecule has 0 aliphatic rings. The lowest BCUT2D eigenvalue weighted by molar-refractivity contribution is -0.118. The van der Waals surface area contributed by atoms with Crippen LogP contribution in [0.25, 0.3) is 22.3 Å². The molecule has 0 fully saturated rings. The third-order valence-electron chi connectivity index (χ3n) is 5.39. The predicted molar refractivity (Wildman–Crippen MR) is 133 cm³/mol. The summed E-state index contributed by atoms with van der Waals surface area (Å²) in [6, 6.07) is 17.3. The Balaban J connectivity index is 1.67. The van der Waals surface area contributed by atoms with Crippen molar-refractivity contribution in [3.63, 3.8) is 0 Å². The van der Waals surface area contributed by atoms with Crippen molar-refractivity contribution in [2.75, 3.05) is 33.3 Å². The van der Waals surface area contributed by atoms with Crippen LogP contribution < -0.4 is 29.7 Å². The largest absolute Gasteiger partial charge is 0.497 e. The fraction of sp³-hybridized carbons (Fsp3) is 0.185. The molecule has 1 N–H and O–H groups in total. The molecule has 0 saturated heterocycles. The summed E-state index contributed by atoms with van der Waals surface area (Å²) in [6.07, 6.45) is 0. The zero-order valence-electron chi connectivity index (χ0n) is 19.8. The summed E-state index contributed by atoms with van der Waals surface area (Å²) in [4.78, 5) is 26.1. The lowest BCUT2D eigenvalue weighted by Gasteiger charge is -2.14. The van der Waals surface area contributed by atoms with Crippen molar-refractivity contribution < 1.29 is 28.2 Å². The number of fused-ring (bicyclic) bond motifs is 1. The number of ether oxygens (including phenoxy) is 4. The average Bonchev–Trinajstić information content (AvgIpc) is 2.87. The highest BCUT2D eigenvalue weighted by molar-refractivity contribution is 5.94. The molecule has 4 rings (SSSR count). The van der Waals surface area contributed by atoms with Gasteiger partial charge in [-0.15, -0.1) is 0 Å². The molecule has 1 aromatic heterocycles. The van der Waals surface area contributed by atoms with Crippen LogP contribution in [0, 0.1) is 6.92 Å². The Bertz CT molecular complexity index is 1420. The van der Waals surface area contributed by atoms with Gasteiger partial charge in [-0.25, -0.2) is 0 Å². The van der Waals surface area contributed by atoms with Gasteiger partial charge in [0.15, 0.2) is 12.4 Å². The van der Waals surface area contributed by atoms with Crippen molar-refractivity contribution in [3.05, 3.63) is 76.5 Å². The number of carbonyl (C=O) groups is 1. The van der Waals surface area contributed by atoms with Gasteiger partial charge in [0.05, 0.1) is 32.4 Å². The van der Waals surface area contributed by atoms with Crippen LogP contribution in [0.1, 0.15) is 5.56 Å². The predicted octanol–water partition coefficient (Wildman–Crippen LogP) is 4.81. The molecule has 0 bridgehead atoms. The Labute approximate surface area is 202 Å². The van der Waals surface area contributed by atoms with Crippen LogP contribution in [0.4, 0.5) is 5.69 Å². The molecule has 0 aliphatic heterocycles. The maximum absolute atomic E-state index is 13.3. The van der Waals surface area contributed by atoms with Gasteiger partial charge in [-0.2, -0.15) is 0 Å². The molecule has 8 nitrogen and oxygen atoms in total. The van der Waals surface area contributed by atoms with Crippen molar-refractivity contribution in [1.82, 2.24) is 0 Å². The van der Waals surface area contributed by atoms with E-state index in [1.165, 1.54) is 14.2 Å². The average molecular weight is 475 g/mol. The first-order valence-corrected chi connectivity index (χ1v) is 10.8. The van der Waals surface area contributed by atoms with Crippen molar-refractivity contribution in [2.45, 2.75) is 6.92 Å². The summed E-state index contributed by atoms with van der Waals surface area (Å²) >= 11 is 0. The number of hydrogen-bond donors (Lipinski definition) is 1. The lowest BCUT2D eigenvalue weighted by atomic mass is 10.1. The molecule has 0 atom stereocenters. The molecule has 0 spiro atoms. The standard InChI is InChI=1S/C27H25NO7/c1-16-5-11-20-23(13-16)35-26(17-6-8-18(31-2)9-7-17)27(25(20)30)34-15-24(29)28-21-14-19(32-3)10-12-22(21)33-4/h5-14H,15H2,1-4H3,(H,28,29). The third kappa shape index (κ3) is 5.06. The summed E-state index contributed by atoms with van der Waals surface area (Å²) in [6.45, 7) is 1.49. The summed E-state index contributed by atoms with van der Waals surface area (Å²) in [7, 11) is 4.59. The van der Waals surface area contributed by atoms with Gasteiger partial charge in [0, 0.05) is 11.6 Å². The fourth-order valence-electron chi connectivity index (χ4n) is 3.58. The molecule has 1 amide bonds.